The van der Waals surface area contributed by atoms with Crippen molar-refractivity contribution in [2.24, 2.45) is 0 Å². The van der Waals surface area contributed by atoms with Gasteiger partial charge in [-0.15, -0.1) is 0 Å². The van der Waals surface area contributed by atoms with Crippen LogP contribution in [0.5, 0.6) is 0 Å². The number of amides is 2. The molecule has 0 atom stereocenters. The number of carbonyl (C=O) groups is 2. The topological polar surface area (TPSA) is 79.7 Å². The largest absolute Gasteiger partial charge is 0.368 e. The van der Waals surface area contributed by atoms with Crippen LogP contribution in [-0.2, 0) is 4.79 Å². The Kier molecular flexibility index (Phi) is 4.86. The van der Waals surface area contributed by atoms with Crippen LogP contribution < -0.4 is 5.32 Å². The van der Waals surface area contributed by atoms with Crippen LogP contribution in [0.4, 0.5) is 5.69 Å². The van der Waals surface area contributed by atoms with Crippen LogP contribution >= 0.6 is 0 Å². The lowest BCUT2D eigenvalue weighted by atomic mass is 10.1. The van der Waals surface area contributed by atoms with Gasteiger partial charge in [0.15, 0.2) is 0 Å². The Balaban J connectivity index is 2.29. The summed E-state index contributed by atoms with van der Waals surface area (Å²) in [6.45, 7) is 0.107. The predicted octanol–water partition coefficient (Wildman–Crippen LogP) is 0.897. The fourth-order valence-electron chi connectivity index (χ4n) is 2.18. The lowest BCUT2D eigenvalue weighted by Crippen LogP contribution is -2.40. The van der Waals surface area contributed by atoms with E-state index in [1.54, 1.807) is 50.4 Å². The molecule has 0 saturated carbocycles. The first-order valence-electron chi connectivity index (χ1n) is 7.11. The smallest absolute Gasteiger partial charge is 0.262 e. The van der Waals surface area contributed by atoms with E-state index in [-0.39, 0.29) is 24.9 Å². The summed E-state index contributed by atoms with van der Waals surface area (Å²) in [4.78, 5) is 28.8. The molecular formula is C16H19N5O2. The molecule has 1 aromatic carbocycles. The summed E-state index contributed by atoms with van der Waals surface area (Å²) in [7, 11) is 5.11. The van der Waals surface area contributed by atoms with Crippen LogP contribution in [0.3, 0.4) is 0 Å². The van der Waals surface area contributed by atoms with Crippen molar-refractivity contribution >= 4 is 17.5 Å². The van der Waals surface area contributed by atoms with Gasteiger partial charge in [0.1, 0.15) is 12.4 Å². The Morgan fingerprint density at radius 3 is 2.70 bits per heavy atom. The van der Waals surface area contributed by atoms with E-state index in [1.165, 1.54) is 9.80 Å². The number of likely N-dealkylation sites (N-methyl/N-ethyl adjacent to an activating group) is 2. The fourth-order valence-corrected chi connectivity index (χ4v) is 2.18. The van der Waals surface area contributed by atoms with Crippen LogP contribution in [0.15, 0.2) is 36.3 Å². The maximum absolute atomic E-state index is 12.5. The third-order valence-electron chi connectivity index (χ3n) is 3.41. The molecule has 1 aliphatic rings. The molecule has 23 heavy (non-hydrogen) atoms. The summed E-state index contributed by atoms with van der Waals surface area (Å²) >= 11 is 0. The minimum atomic E-state index is -0.237. The van der Waals surface area contributed by atoms with E-state index in [0.29, 0.717) is 17.1 Å². The maximum Gasteiger partial charge on any atom is 0.262 e. The average Bonchev–Trinajstić information content (AvgIpc) is 2.51. The lowest BCUT2D eigenvalue weighted by Gasteiger charge is -2.31. The van der Waals surface area contributed by atoms with Gasteiger partial charge in [0, 0.05) is 27.3 Å². The molecule has 120 valence electrons. The van der Waals surface area contributed by atoms with Gasteiger partial charge in [-0.3, -0.25) is 14.5 Å². The molecule has 7 heteroatoms. The van der Waals surface area contributed by atoms with Gasteiger partial charge in [0.05, 0.1) is 23.9 Å². The zero-order valence-corrected chi connectivity index (χ0v) is 13.4. The number of benzene rings is 1. The second-order valence-corrected chi connectivity index (χ2v) is 5.44. The number of para-hydroxylation sites is 1. The fraction of sp³-hybridized carbons (Fsp3) is 0.312. The first-order chi connectivity index (χ1) is 10.9. The van der Waals surface area contributed by atoms with Gasteiger partial charge in [0.2, 0.25) is 5.91 Å². The summed E-state index contributed by atoms with van der Waals surface area (Å²) in [5.74, 6) is 0.183. The minimum absolute atomic E-state index is 0.0567. The summed E-state index contributed by atoms with van der Waals surface area (Å²) in [6.07, 6.45) is 1.66. The molecule has 7 nitrogen and oxygen atoms in total. The molecule has 1 heterocycles. The van der Waals surface area contributed by atoms with E-state index in [9.17, 15) is 9.59 Å². The van der Waals surface area contributed by atoms with Crippen molar-refractivity contribution in [3.8, 4) is 6.07 Å². The average molecular weight is 313 g/mol. The molecular weight excluding hydrogens is 294 g/mol. The number of nitriles is 1. The number of hydrogen-bond donors (Lipinski definition) is 1. The van der Waals surface area contributed by atoms with Crippen molar-refractivity contribution in [2.75, 3.05) is 39.5 Å². The van der Waals surface area contributed by atoms with Crippen molar-refractivity contribution < 1.29 is 9.59 Å². The van der Waals surface area contributed by atoms with Crippen molar-refractivity contribution in [2.45, 2.75) is 0 Å². The van der Waals surface area contributed by atoms with Gasteiger partial charge >= 0.3 is 0 Å². The predicted molar refractivity (Wildman–Crippen MR) is 86.1 cm³/mol. The van der Waals surface area contributed by atoms with Crippen LogP contribution in [-0.4, -0.2) is 60.7 Å². The van der Waals surface area contributed by atoms with E-state index in [0.717, 1.165) is 0 Å². The van der Waals surface area contributed by atoms with E-state index in [1.807, 2.05) is 12.1 Å². The molecule has 0 fully saturated rings. The zero-order chi connectivity index (χ0) is 17.0. The first-order valence-corrected chi connectivity index (χ1v) is 7.11. The van der Waals surface area contributed by atoms with Crippen LogP contribution in [0.2, 0.25) is 0 Å². The molecule has 0 radical (unpaired) electrons. The monoisotopic (exact) mass is 313 g/mol. The van der Waals surface area contributed by atoms with E-state index < -0.39 is 0 Å². The van der Waals surface area contributed by atoms with Gasteiger partial charge in [-0.05, 0) is 12.1 Å². The molecule has 0 bridgehead atoms. The van der Waals surface area contributed by atoms with Gasteiger partial charge in [-0.25, -0.2) is 0 Å². The molecule has 0 unspecified atom stereocenters. The second-order valence-electron chi connectivity index (χ2n) is 5.44. The molecule has 0 saturated heterocycles. The Labute approximate surface area is 135 Å². The summed E-state index contributed by atoms with van der Waals surface area (Å²) in [6, 6.07) is 9.11. The summed E-state index contributed by atoms with van der Waals surface area (Å²) < 4.78 is 0. The number of nitrogens with one attached hydrogen (secondary N) is 1. The number of fused-ring (bicyclic) bond motifs is 1. The van der Waals surface area contributed by atoms with Gasteiger partial charge in [0.25, 0.3) is 5.91 Å². The maximum atomic E-state index is 12.5. The molecule has 2 amide bonds. The molecule has 0 aromatic heterocycles. The Bertz CT molecular complexity index is 690. The van der Waals surface area contributed by atoms with Gasteiger partial charge in [-0.2, -0.15) is 5.26 Å². The Morgan fingerprint density at radius 1 is 1.35 bits per heavy atom. The van der Waals surface area contributed by atoms with Crippen LogP contribution in [0.1, 0.15) is 10.4 Å². The molecule has 1 aliphatic heterocycles. The van der Waals surface area contributed by atoms with Gasteiger partial charge < -0.3 is 15.1 Å². The summed E-state index contributed by atoms with van der Waals surface area (Å²) in [5.41, 5.74) is 1.21. The van der Waals surface area contributed by atoms with Crippen molar-refractivity contribution in [3.63, 3.8) is 0 Å². The van der Waals surface area contributed by atoms with E-state index in [2.05, 4.69) is 5.32 Å². The van der Waals surface area contributed by atoms with Crippen molar-refractivity contribution in [3.05, 3.63) is 41.8 Å². The molecule has 0 aliphatic carbocycles. The number of nitrogens with zero attached hydrogens (tertiary/aromatic N) is 4. The third-order valence-corrected chi connectivity index (χ3v) is 3.41. The highest BCUT2D eigenvalue weighted by Gasteiger charge is 2.28. The highest BCUT2D eigenvalue weighted by Crippen LogP contribution is 2.26. The van der Waals surface area contributed by atoms with Crippen molar-refractivity contribution in [1.82, 2.24) is 14.7 Å². The SMILES string of the molecule is CN(/C=C1\Nc2ccccc2C(=O)N1CC#N)CC(=O)N(C)C. The quantitative estimate of drug-likeness (QED) is 0.835. The molecule has 1 aromatic rings. The number of hydrogen-bond acceptors (Lipinski definition) is 5. The Morgan fingerprint density at radius 2 is 2.04 bits per heavy atom. The molecule has 1 N–H and O–H groups in total. The van der Waals surface area contributed by atoms with Crippen LogP contribution in [0.25, 0.3) is 0 Å². The van der Waals surface area contributed by atoms with E-state index in [4.69, 9.17) is 5.26 Å². The van der Waals surface area contributed by atoms with E-state index >= 15 is 0 Å². The van der Waals surface area contributed by atoms with Crippen molar-refractivity contribution in [1.29, 1.82) is 5.26 Å². The number of rotatable bonds is 4. The molecule has 0 spiro atoms. The highest BCUT2D eigenvalue weighted by molar-refractivity contribution is 6.03. The first kappa shape index (κ1) is 16.4. The number of carbonyl (C=O) groups excluding carboxylic acids is 2. The second kappa shape index (κ2) is 6.83. The highest BCUT2D eigenvalue weighted by atomic mass is 16.2. The number of anilines is 1. The Hall–Kier alpha value is -3.01. The zero-order valence-electron chi connectivity index (χ0n) is 13.4. The normalized spacial score (nSPS) is 14.8. The summed E-state index contributed by atoms with van der Waals surface area (Å²) in [5, 5.41) is 12.1. The van der Waals surface area contributed by atoms with Gasteiger partial charge in [-0.1, -0.05) is 12.1 Å². The lowest BCUT2D eigenvalue weighted by molar-refractivity contribution is -0.129. The van der Waals surface area contributed by atoms with Crippen LogP contribution in [0, 0.1) is 11.3 Å². The standard InChI is InChI=1S/C16H19N5O2/c1-19(2)15(22)11-20(3)10-14-18-13-7-5-4-6-12(13)16(23)21(14)9-8-17/h4-7,10,18H,9,11H2,1-3H3/b14-10+. The third kappa shape index (κ3) is 3.61. The molecule has 2 rings (SSSR count). The minimum Gasteiger partial charge on any atom is -0.368 e.